The number of ether oxygens (including phenoxy) is 2. The molecule has 1 amide bonds. The van der Waals surface area contributed by atoms with Gasteiger partial charge in [0.2, 0.25) is 5.88 Å². The standard InChI is InChI=1S/C27H24ClN3O4/c1-34-24-12-4-20(5-13-24)18-35-25-14-15-26(32)31(30-25)23-10-6-21(7-11-23)27(33)29-17-16-19-2-8-22(28)9-3-19/h2-15H,16-18H2,1H3,(H,29,33). The molecule has 8 heteroatoms. The van der Waals surface area contributed by atoms with Crippen LogP contribution in [0.2, 0.25) is 5.02 Å². The van der Waals surface area contributed by atoms with Crippen molar-refractivity contribution >= 4 is 17.5 Å². The fourth-order valence-corrected chi connectivity index (χ4v) is 3.49. The Morgan fingerprint density at radius 1 is 0.914 bits per heavy atom. The number of halogens is 1. The van der Waals surface area contributed by atoms with E-state index in [1.165, 1.54) is 16.8 Å². The van der Waals surface area contributed by atoms with Crippen LogP contribution in [0.3, 0.4) is 0 Å². The topological polar surface area (TPSA) is 82.5 Å². The highest BCUT2D eigenvalue weighted by molar-refractivity contribution is 6.30. The monoisotopic (exact) mass is 489 g/mol. The second-order valence-corrected chi connectivity index (χ2v) is 8.17. The normalized spacial score (nSPS) is 10.6. The van der Waals surface area contributed by atoms with E-state index in [9.17, 15) is 9.59 Å². The maximum atomic E-state index is 12.5. The molecule has 1 aromatic heterocycles. The molecule has 178 valence electrons. The van der Waals surface area contributed by atoms with Crippen molar-refractivity contribution in [3.8, 4) is 17.3 Å². The highest BCUT2D eigenvalue weighted by Crippen LogP contribution is 2.15. The smallest absolute Gasteiger partial charge is 0.271 e. The van der Waals surface area contributed by atoms with Crippen LogP contribution in [-0.2, 0) is 13.0 Å². The van der Waals surface area contributed by atoms with Gasteiger partial charge in [0.1, 0.15) is 12.4 Å². The predicted molar refractivity (Wildman–Crippen MR) is 135 cm³/mol. The van der Waals surface area contributed by atoms with Crippen LogP contribution in [0.4, 0.5) is 0 Å². The lowest BCUT2D eigenvalue weighted by molar-refractivity contribution is 0.0954. The first-order valence-corrected chi connectivity index (χ1v) is 11.4. The maximum Gasteiger partial charge on any atom is 0.271 e. The average Bonchev–Trinajstić information content (AvgIpc) is 2.89. The van der Waals surface area contributed by atoms with E-state index in [4.69, 9.17) is 21.1 Å². The van der Waals surface area contributed by atoms with Crippen molar-refractivity contribution in [3.05, 3.63) is 117 Å². The van der Waals surface area contributed by atoms with E-state index in [-0.39, 0.29) is 11.5 Å². The highest BCUT2D eigenvalue weighted by atomic mass is 35.5. The summed E-state index contributed by atoms with van der Waals surface area (Å²) in [5.74, 6) is 0.881. The molecule has 0 saturated heterocycles. The molecule has 1 heterocycles. The Hall–Kier alpha value is -4.10. The fourth-order valence-electron chi connectivity index (χ4n) is 3.36. The Balaban J connectivity index is 1.37. The molecule has 0 saturated carbocycles. The molecule has 0 aliphatic heterocycles. The largest absolute Gasteiger partial charge is 0.497 e. The van der Waals surface area contributed by atoms with Crippen LogP contribution in [0.5, 0.6) is 11.6 Å². The first-order valence-electron chi connectivity index (χ1n) is 11.0. The molecule has 0 aliphatic carbocycles. The lowest BCUT2D eigenvalue weighted by Crippen LogP contribution is -2.26. The molecule has 35 heavy (non-hydrogen) atoms. The van der Waals surface area contributed by atoms with Gasteiger partial charge < -0.3 is 14.8 Å². The molecule has 0 spiro atoms. The average molecular weight is 490 g/mol. The summed E-state index contributed by atoms with van der Waals surface area (Å²) in [7, 11) is 1.61. The summed E-state index contributed by atoms with van der Waals surface area (Å²) in [6.07, 6.45) is 0.698. The zero-order valence-corrected chi connectivity index (χ0v) is 19.9. The van der Waals surface area contributed by atoms with Crippen LogP contribution in [-0.4, -0.2) is 29.3 Å². The van der Waals surface area contributed by atoms with Gasteiger partial charge in [-0.2, -0.15) is 4.68 Å². The van der Waals surface area contributed by atoms with E-state index in [2.05, 4.69) is 10.4 Å². The second kappa shape index (κ2) is 11.4. The molecule has 0 bridgehead atoms. The number of rotatable bonds is 9. The van der Waals surface area contributed by atoms with Gasteiger partial charge in [0.25, 0.3) is 11.5 Å². The van der Waals surface area contributed by atoms with Crippen molar-refractivity contribution in [2.45, 2.75) is 13.0 Å². The van der Waals surface area contributed by atoms with E-state index < -0.39 is 0 Å². The van der Waals surface area contributed by atoms with Crippen LogP contribution in [0, 0.1) is 0 Å². The summed E-state index contributed by atoms with van der Waals surface area (Å²) in [5, 5.41) is 7.88. The van der Waals surface area contributed by atoms with Gasteiger partial charge in [-0.25, -0.2) is 0 Å². The lowest BCUT2D eigenvalue weighted by Gasteiger charge is -2.10. The summed E-state index contributed by atoms with van der Waals surface area (Å²) >= 11 is 5.90. The summed E-state index contributed by atoms with van der Waals surface area (Å²) in [5.41, 5.74) is 2.75. The number of carbonyl (C=O) groups excluding carboxylic acids is 1. The predicted octanol–water partition coefficient (Wildman–Crippen LogP) is 4.45. The van der Waals surface area contributed by atoms with Gasteiger partial charge in [-0.15, -0.1) is 5.10 Å². The Morgan fingerprint density at radius 3 is 2.29 bits per heavy atom. The minimum absolute atomic E-state index is 0.192. The Labute approximate surface area is 207 Å². The summed E-state index contributed by atoms with van der Waals surface area (Å²) < 4.78 is 12.1. The van der Waals surface area contributed by atoms with Crippen LogP contribution in [0.15, 0.2) is 89.7 Å². The Kier molecular flexibility index (Phi) is 7.80. The van der Waals surface area contributed by atoms with Gasteiger partial charge in [0.15, 0.2) is 0 Å². The molecule has 0 atom stereocenters. The molecular formula is C27H24ClN3O4. The third kappa shape index (κ3) is 6.49. The molecule has 0 radical (unpaired) electrons. The molecule has 1 N–H and O–H groups in total. The first kappa shape index (κ1) is 24.0. The molecule has 0 fully saturated rings. The molecule has 4 aromatic rings. The van der Waals surface area contributed by atoms with E-state index in [0.29, 0.717) is 41.7 Å². The van der Waals surface area contributed by atoms with E-state index in [1.807, 2.05) is 48.5 Å². The Bertz CT molecular complexity index is 1330. The fraction of sp³-hybridized carbons (Fsp3) is 0.148. The van der Waals surface area contributed by atoms with E-state index in [0.717, 1.165) is 16.9 Å². The number of hydrogen-bond donors (Lipinski definition) is 1. The third-order valence-corrected chi connectivity index (χ3v) is 5.56. The van der Waals surface area contributed by atoms with Gasteiger partial charge in [-0.1, -0.05) is 35.9 Å². The number of hydrogen-bond acceptors (Lipinski definition) is 5. The summed E-state index contributed by atoms with van der Waals surface area (Å²) in [6, 6.07) is 24.6. The van der Waals surface area contributed by atoms with Crippen molar-refractivity contribution < 1.29 is 14.3 Å². The first-order chi connectivity index (χ1) is 17.0. The summed E-state index contributed by atoms with van der Waals surface area (Å²) in [6.45, 7) is 0.793. The van der Waals surface area contributed by atoms with Gasteiger partial charge in [-0.05, 0) is 66.1 Å². The molecule has 3 aromatic carbocycles. The number of methoxy groups -OCH3 is 1. The highest BCUT2D eigenvalue weighted by Gasteiger charge is 2.09. The number of nitrogens with one attached hydrogen (secondary N) is 1. The maximum absolute atomic E-state index is 12.5. The van der Waals surface area contributed by atoms with Crippen LogP contribution >= 0.6 is 11.6 Å². The second-order valence-electron chi connectivity index (χ2n) is 7.74. The van der Waals surface area contributed by atoms with Crippen molar-refractivity contribution in [2.24, 2.45) is 0 Å². The zero-order valence-electron chi connectivity index (χ0n) is 19.1. The molecule has 0 aliphatic rings. The minimum Gasteiger partial charge on any atom is -0.497 e. The number of carbonyl (C=O) groups is 1. The van der Waals surface area contributed by atoms with E-state index >= 15 is 0 Å². The molecule has 7 nitrogen and oxygen atoms in total. The minimum atomic E-state index is -0.304. The quantitative estimate of drug-likeness (QED) is 0.375. The number of nitrogens with zero attached hydrogens (tertiary/aromatic N) is 2. The molecular weight excluding hydrogens is 466 g/mol. The number of amides is 1. The van der Waals surface area contributed by atoms with Crippen molar-refractivity contribution in [2.75, 3.05) is 13.7 Å². The SMILES string of the molecule is COc1ccc(COc2ccc(=O)n(-c3ccc(C(=O)NCCc4ccc(Cl)cc4)cc3)n2)cc1. The van der Waals surface area contributed by atoms with Crippen molar-refractivity contribution in [1.29, 1.82) is 0 Å². The number of aromatic nitrogens is 2. The van der Waals surface area contributed by atoms with Gasteiger partial charge in [0, 0.05) is 29.3 Å². The summed E-state index contributed by atoms with van der Waals surface area (Å²) in [4.78, 5) is 24.8. The van der Waals surface area contributed by atoms with Gasteiger partial charge in [-0.3, -0.25) is 9.59 Å². The van der Waals surface area contributed by atoms with Crippen LogP contribution in [0.25, 0.3) is 5.69 Å². The van der Waals surface area contributed by atoms with Gasteiger partial charge in [0.05, 0.1) is 12.8 Å². The Morgan fingerprint density at radius 2 is 1.60 bits per heavy atom. The lowest BCUT2D eigenvalue weighted by atomic mass is 10.1. The van der Waals surface area contributed by atoms with Crippen LogP contribution < -0.4 is 20.3 Å². The van der Waals surface area contributed by atoms with Crippen LogP contribution in [0.1, 0.15) is 21.5 Å². The zero-order chi connectivity index (χ0) is 24.6. The van der Waals surface area contributed by atoms with Crippen molar-refractivity contribution in [3.63, 3.8) is 0 Å². The molecule has 0 unspecified atom stereocenters. The van der Waals surface area contributed by atoms with Gasteiger partial charge >= 0.3 is 0 Å². The number of benzene rings is 3. The third-order valence-electron chi connectivity index (χ3n) is 5.31. The van der Waals surface area contributed by atoms with Crippen molar-refractivity contribution in [1.82, 2.24) is 15.1 Å². The molecule has 4 rings (SSSR count). The van der Waals surface area contributed by atoms with E-state index in [1.54, 1.807) is 31.4 Å².